The van der Waals surface area contributed by atoms with E-state index in [9.17, 15) is 14.4 Å². The molecule has 0 radical (unpaired) electrons. The number of amides is 2. The number of methoxy groups -OCH3 is 1. The number of rotatable bonds is 6. The predicted octanol–water partition coefficient (Wildman–Crippen LogP) is 3.44. The largest absolute Gasteiger partial charge is 0.497 e. The van der Waals surface area contributed by atoms with Crippen molar-refractivity contribution in [3.05, 3.63) is 75.6 Å². The van der Waals surface area contributed by atoms with Crippen molar-refractivity contribution in [2.24, 2.45) is 0 Å². The lowest BCUT2D eigenvalue weighted by Gasteiger charge is -2.23. The zero-order chi connectivity index (χ0) is 22.7. The Hall–Kier alpha value is -3.59. The van der Waals surface area contributed by atoms with E-state index in [4.69, 9.17) is 4.74 Å². The molecule has 0 aliphatic carbocycles. The number of hydrogen-bond donors (Lipinski definition) is 3. The molecule has 0 saturated heterocycles. The van der Waals surface area contributed by atoms with Gasteiger partial charge in [0.2, 0.25) is 11.8 Å². The molecule has 2 aromatic carbocycles. The summed E-state index contributed by atoms with van der Waals surface area (Å²) in [5.41, 5.74) is 2.48. The van der Waals surface area contributed by atoms with Gasteiger partial charge in [-0.1, -0.05) is 47.7 Å². The van der Waals surface area contributed by atoms with Crippen LogP contribution in [0.15, 0.2) is 58.5 Å². The summed E-state index contributed by atoms with van der Waals surface area (Å²) in [5.74, 6) is -0.452. The van der Waals surface area contributed by atoms with Crippen LogP contribution in [0.25, 0.3) is 0 Å². The van der Waals surface area contributed by atoms with Crippen molar-refractivity contribution in [1.82, 2.24) is 9.97 Å². The van der Waals surface area contributed by atoms with Crippen LogP contribution in [0.1, 0.15) is 29.0 Å². The molecule has 1 aliphatic rings. The number of aromatic nitrogens is 2. The van der Waals surface area contributed by atoms with E-state index in [1.54, 1.807) is 24.3 Å². The Morgan fingerprint density at radius 3 is 2.75 bits per heavy atom. The van der Waals surface area contributed by atoms with E-state index in [1.165, 1.54) is 24.4 Å². The summed E-state index contributed by atoms with van der Waals surface area (Å²) in [7, 11) is 1.53. The van der Waals surface area contributed by atoms with Crippen molar-refractivity contribution in [1.29, 1.82) is 0 Å². The van der Waals surface area contributed by atoms with E-state index in [1.807, 2.05) is 31.2 Å². The maximum Gasteiger partial charge on any atom is 0.257 e. The fraction of sp³-hybridized carbons (Fsp3) is 0.217. The van der Waals surface area contributed by atoms with E-state index < -0.39 is 17.4 Å². The molecule has 0 unspecified atom stereocenters. The van der Waals surface area contributed by atoms with Gasteiger partial charge in [0.1, 0.15) is 11.6 Å². The molecule has 32 heavy (non-hydrogen) atoms. The molecule has 0 spiro atoms. The number of aromatic amines is 1. The molecule has 8 nitrogen and oxygen atoms in total. The fourth-order valence-electron chi connectivity index (χ4n) is 3.41. The third-order valence-electron chi connectivity index (χ3n) is 5.08. The van der Waals surface area contributed by atoms with Crippen LogP contribution in [0.2, 0.25) is 0 Å². The summed E-state index contributed by atoms with van der Waals surface area (Å²) in [4.78, 5) is 45.2. The highest BCUT2D eigenvalue weighted by Gasteiger charge is 2.34. The second kappa shape index (κ2) is 9.27. The molecule has 1 atom stereocenters. The normalized spacial score (nSPS) is 14.9. The minimum Gasteiger partial charge on any atom is -0.497 e. The topological polar surface area (TPSA) is 113 Å². The smallest absolute Gasteiger partial charge is 0.257 e. The fourth-order valence-corrected chi connectivity index (χ4v) is 4.23. The lowest BCUT2D eigenvalue weighted by Crippen LogP contribution is -2.36. The molecule has 0 saturated carbocycles. The van der Waals surface area contributed by atoms with Gasteiger partial charge in [-0.05, 0) is 24.6 Å². The van der Waals surface area contributed by atoms with E-state index in [2.05, 4.69) is 20.6 Å². The highest BCUT2D eigenvalue weighted by Crippen LogP contribution is 2.31. The molecule has 9 heteroatoms. The first kappa shape index (κ1) is 21.6. The minimum absolute atomic E-state index is 0.127. The molecule has 3 aromatic rings. The van der Waals surface area contributed by atoms with Crippen molar-refractivity contribution in [2.75, 3.05) is 17.7 Å². The Labute approximate surface area is 188 Å². The zero-order valence-corrected chi connectivity index (χ0v) is 18.4. The highest BCUT2D eigenvalue weighted by atomic mass is 32.2. The second-order valence-corrected chi connectivity index (χ2v) is 8.40. The number of ether oxygens (including phenoxy) is 1. The summed E-state index contributed by atoms with van der Waals surface area (Å²) >= 11 is 1.35. The van der Waals surface area contributed by atoms with Crippen molar-refractivity contribution in [3.8, 4) is 5.75 Å². The van der Waals surface area contributed by atoms with Gasteiger partial charge in [-0.2, -0.15) is 0 Å². The summed E-state index contributed by atoms with van der Waals surface area (Å²) in [6, 6.07) is 14.9. The van der Waals surface area contributed by atoms with Crippen LogP contribution in [0.3, 0.4) is 0 Å². The number of aryl methyl sites for hydroxylation is 1. The lowest BCUT2D eigenvalue weighted by atomic mass is 9.92. The molecule has 2 heterocycles. The second-order valence-electron chi connectivity index (χ2n) is 7.43. The Bertz CT molecular complexity index is 1220. The van der Waals surface area contributed by atoms with Gasteiger partial charge in [0.15, 0.2) is 5.16 Å². The molecular formula is C23H22N4O4S. The molecule has 2 amide bonds. The van der Waals surface area contributed by atoms with E-state index >= 15 is 0 Å². The molecular weight excluding hydrogens is 428 g/mol. The number of fused-ring (bicyclic) bond motifs is 1. The average molecular weight is 451 g/mol. The summed E-state index contributed by atoms with van der Waals surface area (Å²) in [5, 5.41) is 5.76. The summed E-state index contributed by atoms with van der Waals surface area (Å²) in [6.07, 6.45) is -0.135. The zero-order valence-electron chi connectivity index (χ0n) is 17.6. The van der Waals surface area contributed by atoms with Crippen LogP contribution in [0.5, 0.6) is 5.75 Å². The van der Waals surface area contributed by atoms with Crippen LogP contribution in [-0.2, 0) is 15.3 Å². The van der Waals surface area contributed by atoms with Crippen LogP contribution in [0, 0.1) is 6.92 Å². The first-order chi connectivity index (χ1) is 15.4. The molecule has 0 fully saturated rings. The SMILES string of the molecule is COc1cccc(NC(=O)[C@H]2CC(=O)Nc3nc(SCc4ccc(C)cc4)[nH]c(=O)c32)c1. The number of benzene rings is 2. The minimum atomic E-state index is -0.947. The first-order valence-corrected chi connectivity index (χ1v) is 11.0. The van der Waals surface area contributed by atoms with Gasteiger partial charge in [0, 0.05) is 23.9 Å². The van der Waals surface area contributed by atoms with E-state index in [0.29, 0.717) is 22.3 Å². The van der Waals surface area contributed by atoms with E-state index in [0.717, 1.165) is 5.56 Å². The standard InChI is InChI=1S/C23H22N4O4S/c1-13-6-8-14(9-7-13)12-32-23-26-20-19(22(30)27-23)17(11-18(28)25-20)21(29)24-15-4-3-5-16(10-15)31-2/h3-10,17H,11-12H2,1-2H3,(H,24,29)(H2,25,26,27,28,30)/t17-/m0/s1. The third-order valence-corrected chi connectivity index (χ3v) is 6.02. The summed E-state index contributed by atoms with van der Waals surface area (Å²) < 4.78 is 5.17. The number of carbonyl (C=O) groups excluding carboxylic acids is 2. The van der Waals surface area contributed by atoms with Crippen LogP contribution < -0.4 is 20.9 Å². The predicted molar refractivity (Wildman–Crippen MR) is 123 cm³/mol. The van der Waals surface area contributed by atoms with Gasteiger partial charge in [-0.25, -0.2) is 4.98 Å². The van der Waals surface area contributed by atoms with Gasteiger partial charge < -0.3 is 20.4 Å². The Kier molecular flexibility index (Phi) is 6.27. The number of hydrogen-bond acceptors (Lipinski definition) is 6. The van der Waals surface area contributed by atoms with Crippen molar-refractivity contribution in [3.63, 3.8) is 0 Å². The Balaban J connectivity index is 1.56. The number of carbonyl (C=O) groups is 2. The lowest BCUT2D eigenvalue weighted by molar-refractivity contribution is -0.123. The van der Waals surface area contributed by atoms with Crippen LogP contribution >= 0.6 is 11.8 Å². The highest BCUT2D eigenvalue weighted by molar-refractivity contribution is 7.98. The molecule has 164 valence electrons. The monoisotopic (exact) mass is 450 g/mol. The Morgan fingerprint density at radius 2 is 2.00 bits per heavy atom. The van der Waals surface area contributed by atoms with Gasteiger partial charge in [0.25, 0.3) is 5.56 Å². The first-order valence-electron chi connectivity index (χ1n) is 10.0. The van der Waals surface area contributed by atoms with Crippen LogP contribution in [-0.4, -0.2) is 28.9 Å². The molecule has 1 aromatic heterocycles. The molecule has 4 rings (SSSR count). The van der Waals surface area contributed by atoms with Crippen LogP contribution in [0.4, 0.5) is 11.5 Å². The molecule has 1 aliphatic heterocycles. The van der Waals surface area contributed by atoms with Crippen molar-refractivity contribution < 1.29 is 14.3 Å². The van der Waals surface area contributed by atoms with E-state index in [-0.39, 0.29) is 23.7 Å². The molecule has 3 N–H and O–H groups in total. The number of nitrogens with one attached hydrogen (secondary N) is 3. The van der Waals surface area contributed by atoms with Gasteiger partial charge in [-0.15, -0.1) is 0 Å². The number of H-pyrrole nitrogens is 1. The van der Waals surface area contributed by atoms with Gasteiger partial charge >= 0.3 is 0 Å². The third kappa shape index (κ3) is 4.83. The van der Waals surface area contributed by atoms with Crippen molar-refractivity contribution in [2.45, 2.75) is 30.2 Å². The number of thioether (sulfide) groups is 1. The summed E-state index contributed by atoms with van der Waals surface area (Å²) in [6.45, 7) is 2.02. The average Bonchev–Trinajstić information content (AvgIpc) is 2.78. The molecule has 0 bridgehead atoms. The number of anilines is 2. The number of nitrogens with zero attached hydrogens (tertiary/aromatic N) is 1. The van der Waals surface area contributed by atoms with Gasteiger partial charge in [-0.3, -0.25) is 14.4 Å². The van der Waals surface area contributed by atoms with Crippen molar-refractivity contribution >= 4 is 35.1 Å². The maximum absolute atomic E-state index is 12.9. The van der Waals surface area contributed by atoms with Gasteiger partial charge in [0.05, 0.1) is 18.6 Å². The maximum atomic E-state index is 12.9. The quantitative estimate of drug-likeness (QED) is 0.392. The Morgan fingerprint density at radius 1 is 1.22 bits per heavy atom.